The minimum absolute atomic E-state index is 0.0658. The van der Waals surface area contributed by atoms with Crippen LogP contribution in [0.2, 0.25) is 0 Å². The molecular weight excluding hydrogens is 356 g/mol. The molecule has 0 saturated heterocycles. The van der Waals surface area contributed by atoms with E-state index < -0.39 is 0 Å². The first-order valence-corrected chi connectivity index (χ1v) is 8.70. The fourth-order valence-electron chi connectivity index (χ4n) is 2.78. The summed E-state index contributed by atoms with van der Waals surface area (Å²) in [5.74, 6) is 1.55. The van der Waals surface area contributed by atoms with E-state index in [0.29, 0.717) is 34.2 Å². The standard InChI is InChI=1S/C22H22N2O4/c1-14-5-7-15(8-6-14)19(25)10-9-17-13-18(24-23-17)16-11-20(26-2)22(28-4)21(12-16)27-3/h5-13H,1-4H3,(H,23,24). The highest BCUT2D eigenvalue weighted by Crippen LogP contribution is 2.40. The van der Waals surface area contributed by atoms with Gasteiger partial charge in [0.25, 0.3) is 0 Å². The molecule has 0 spiro atoms. The van der Waals surface area contributed by atoms with Gasteiger partial charge in [-0.1, -0.05) is 29.8 Å². The Morgan fingerprint density at radius 3 is 2.18 bits per heavy atom. The lowest BCUT2D eigenvalue weighted by Gasteiger charge is -2.13. The van der Waals surface area contributed by atoms with Gasteiger partial charge in [0.2, 0.25) is 5.75 Å². The zero-order chi connectivity index (χ0) is 20.1. The van der Waals surface area contributed by atoms with Crippen molar-refractivity contribution in [3.8, 4) is 28.5 Å². The molecule has 0 aliphatic heterocycles. The normalized spacial score (nSPS) is 10.9. The first-order chi connectivity index (χ1) is 13.5. The van der Waals surface area contributed by atoms with E-state index in [-0.39, 0.29) is 5.78 Å². The molecular formula is C22H22N2O4. The maximum absolute atomic E-state index is 12.3. The number of rotatable bonds is 7. The number of nitrogens with one attached hydrogen (secondary N) is 1. The molecule has 0 aliphatic carbocycles. The number of carbonyl (C=O) groups is 1. The van der Waals surface area contributed by atoms with Crippen molar-refractivity contribution in [1.82, 2.24) is 10.2 Å². The zero-order valence-corrected chi connectivity index (χ0v) is 16.3. The maximum atomic E-state index is 12.3. The number of H-pyrrole nitrogens is 1. The van der Waals surface area contributed by atoms with Gasteiger partial charge in [-0.2, -0.15) is 5.10 Å². The van der Waals surface area contributed by atoms with Crippen LogP contribution < -0.4 is 14.2 Å². The van der Waals surface area contributed by atoms with Gasteiger partial charge in [0, 0.05) is 11.1 Å². The summed E-state index contributed by atoms with van der Waals surface area (Å²) in [4.78, 5) is 12.3. The topological polar surface area (TPSA) is 73.4 Å². The third kappa shape index (κ3) is 4.06. The van der Waals surface area contributed by atoms with E-state index in [2.05, 4.69) is 10.2 Å². The summed E-state index contributed by atoms with van der Waals surface area (Å²) in [6.07, 6.45) is 3.23. The second-order valence-electron chi connectivity index (χ2n) is 6.19. The van der Waals surface area contributed by atoms with Gasteiger partial charge in [-0.15, -0.1) is 0 Å². The first kappa shape index (κ1) is 19.2. The van der Waals surface area contributed by atoms with Crippen LogP contribution in [0.15, 0.2) is 48.5 Å². The number of aryl methyl sites for hydroxylation is 1. The van der Waals surface area contributed by atoms with Crippen LogP contribution in [0.3, 0.4) is 0 Å². The summed E-state index contributed by atoms with van der Waals surface area (Å²) in [7, 11) is 4.69. The van der Waals surface area contributed by atoms with Crippen LogP contribution in [-0.2, 0) is 0 Å². The number of nitrogens with zero attached hydrogens (tertiary/aromatic N) is 1. The van der Waals surface area contributed by atoms with Gasteiger partial charge in [-0.25, -0.2) is 0 Å². The highest BCUT2D eigenvalue weighted by Gasteiger charge is 2.15. The van der Waals surface area contributed by atoms with Crippen LogP contribution in [0.25, 0.3) is 17.3 Å². The minimum Gasteiger partial charge on any atom is -0.493 e. The molecule has 3 aromatic rings. The lowest BCUT2D eigenvalue weighted by atomic mass is 10.1. The molecule has 0 bridgehead atoms. The van der Waals surface area contributed by atoms with Gasteiger partial charge in [0.1, 0.15) is 0 Å². The largest absolute Gasteiger partial charge is 0.493 e. The molecule has 0 radical (unpaired) electrons. The molecule has 1 heterocycles. The van der Waals surface area contributed by atoms with Crippen molar-refractivity contribution < 1.29 is 19.0 Å². The van der Waals surface area contributed by atoms with Crippen molar-refractivity contribution in [2.45, 2.75) is 6.92 Å². The van der Waals surface area contributed by atoms with E-state index in [0.717, 1.165) is 11.1 Å². The van der Waals surface area contributed by atoms with Gasteiger partial charge >= 0.3 is 0 Å². The van der Waals surface area contributed by atoms with Gasteiger partial charge < -0.3 is 14.2 Å². The Hall–Kier alpha value is -3.54. The number of aromatic amines is 1. The fraction of sp³-hybridized carbons (Fsp3) is 0.182. The predicted molar refractivity (Wildman–Crippen MR) is 108 cm³/mol. The molecule has 144 valence electrons. The fourth-order valence-corrected chi connectivity index (χ4v) is 2.78. The van der Waals surface area contributed by atoms with Crippen LogP contribution in [0, 0.1) is 6.92 Å². The van der Waals surface area contributed by atoms with E-state index in [1.807, 2.05) is 49.4 Å². The summed E-state index contributed by atoms with van der Waals surface area (Å²) < 4.78 is 16.1. The van der Waals surface area contributed by atoms with Gasteiger partial charge in [-0.3, -0.25) is 9.89 Å². The van der Waals surface area contributed by atoms with Crippen LogP contribution in [0.4, 0.5) is 0 Å². The number of aromatic nitrogens is 2. The number of carbonyl (C=O) groups excluding carboxylic acids is 1. The van der Waals surface area contributed by atoms with Crippen molar-refractivity contribution in [2.75, 3.05) is 21.3 Å². The SMILES string of the molecule is COc1cc(-c2cc(C=CC(=O)c3ccc(C)cc3)[nH]n2)cc(OC)c1OC. The van der Waals surface area contributed by atoms with Crippen molar-refractivity contribution in [2.24, 2.45) is 0 Å². The van der Waals surface area contributed by atoms with Crippen LogP contribution >= 0.6 is 0 Å². The van der Waals surface area contributed by atoms with Crippen molar-refractivity contribution in [1.29, 1.82) is 0 Å². The Bertz CT molecular complexity index is 979. The summed E-state index contributed by atoms with van der Waals surface area (Å²) in [6, 6.07) is 13.0. The van der Waals surface area contributed by atoms with E-state index in [9.17, 15) is 4.79 Å². The van der Waals surface area contributed by atoms with Gasteiger partial charge in [0.15, 0.2) is 17.3 Å². The van der Waals surface area contributed by atoms with E-state index >= 15 is 0 Å². The average molecular weight is 378 g/mol. The zero-order valence-electron chi connectivity index (χ0n) is 16.3. The number of ether oxygens (including phenoxy) is 3. The molecule has 0 amide bonds. The second-order valence-corrected chi connectivity index (χ2v) is 6.19. The molecule has 2 aromatic carbocycles. The number of hydrogen-bond donors (Lipinski definition) is 1. The third-order valence-corrected chi connectivity index (χ3v) is 4.31. The lowest BCUT2D eigenvalue weighted by Crippen LogP contribution is -1.95. The van der Waals surface area contributed by atoms with Gasteiger partial charge in [0.05, 0.1) is 32.7 Å². The Morgan fingerprint density at radius 1 is 0.964 bits per heavy atom. The molecule has 0 saturated carbocycles. The van der Waals surface area contributed by atoms with E-state index in [1.54, 1.807) is 27.4 Å². The number of benzene rings is 2. The Kier molecular flexibility index (Phi) is 5.79. The Morgan fingerprint density at radius 2 is 1.61 bits per heavy atom. The van der Waals surface area contributed by atoms with E-state index in [4.69, 9.17) is 14.2 Å². The second kappa shape index (κ2) is 8.43. The molecule has 6 heteroatoms. The highest BCUT2D eigenvalue weighted by molar-refractivity contribution is 6.06. The lowest BCUT2D eigenvalue weighted by molar-refractivity contribution is 0.104. The molecule has 1 aromatic heterocycles. The molecule has 1 N–H and O–H groups in total. The number of ketones is 1. The summed E-state index contributed by atoms with van der Waals surface area (Å²) >= 11 is 0. The summed E-state index contributed by atoms with van der Waals surface area (Å²) in [5.41, 5.74) is 3.97. The van der Waals surface area contributed by atoms with Crippen molar-refractivity contribution >= 4 is 11.9 Å². The third-order valence-electron chi connectivity index (χ3n) is 4.31. The summed E-state index contributed by atoms with van der Waals surface area (Å²) in [5, 5.41) is 7.24. The Labute approximate surface area is 163 Å². The first-order valence-electron chi connectivity index (χ1n) is 8.70. The maximum Gasteiger partial charge on any atom is 0.203 e. The van der Waals surface area contributed by atoms with Crippen molar-refractivity contribution in [3.63, 3.8) is 0 Å². The molecule has 3 rings (SSSR count). The summed E-state index contributed by atoms with van der Waals surface area (Å²) in [6.45, 7) is 1.99. The number of methoxy groups -OCH3 is 3. The molecule has 6 nitrogen and oxygen atoms in total. The Balaban J connectivity index is 1.84. The van der Waals surface area contributed by atoms with E-state index in [1.165, 1.54) is 6.08 Å². The monoisotopic (exact) mass is 378 g/mol. The predicted octanol–water partition coefficient (Wildman–Crippen LogP) is 4.31. The quantitative estimate of drug-likeness (QED) is 0.490. The minimum atomic E-state index is -0.0658. The van der Waals surface area contributed by atoms with Crippen LogP contribution in [0.1, 0.15) is 21.6 Å². The van der Waals surface area contributed by atoms with Crippen molar-refractivity contribution in [3.05, 3.63) is 65.4 Å². The molecule has 0 aliphatic rings. The number of hydrogen-bond acceptors (Lipinski definition) is 5. The molecule has 0 unspecified atom stereocenters. The molecule has 0 fully saturated rings. The molecule has 0 atom stereocenters. The smallest absolute Gasteiger partial charge is 0.203 e. The van der Waals surface area contributed by atoms with Crippen LogP contribution in [-0.4, -0.2) is 37.3 Å². The van der Waals surface area contributed by atoms with Gasteiger partial charge in [-0.05, 0) is 37.3 Å². The highest BCUT2D eigenvalue weighted by atomic mass is 16.5. The number of allylic oxidation sites excluding steroid dienone is 1. The average Bonchev–Trinajstić information content (AvgIpc) is 3.20. The molecule has 28 heavy (non-hydrogen) atoms. The van der Waals surface area contributed by atoms with Crippen LogP contribution in [0.5, 0.6) is 17.2 Å².